The summed E-state index contributed by atoms with van der Waals surface area (Å²) in [5.74, 6) is 1.82. The van der Waals surface area contributed by atoms with Crippen LogP contribution in [0.3, 0.4) is 0 Å². The Morgan fingerprint density at radius 1 is 1.27 bits per heavy atom. The molecule has 2 aliphatic heterocycles. The van der Waals surface area contributed by atoms with Crippen LogP contribution in [0.1, 0.15) is 57.4 Å². The van der Waals surface area contributed by atoms with Gasteiger partial charge in [-0.3, -0.25) is 0 Å². The average Bonchev–Trinajstić information content (AvgIpc) is 3.19. The summed E-state index contributed by atoms with van der Waals surface area (Å²) in [6.45, 7) is 5.27. The number of likely N-dealkylation sites (tertiary alicyclic amines) is 1. The molecule has 5 nitrogen and oxygen atoms in total. The van der Waals surface area contributed by atoms with Crippen LogP contribution >= 0.6 is 0 Å². The van der Waals surface area contributed by atoms with Crippen LogP contribution in [-0.4, -0.2) is 49.4 Å². The fourth-order valence-corrected chi connectivity index (χ4v) is 6.47. The second-order valence-corrected chi connectivity index (χ2v) is 9.77. The van der Waals surface area contributed by atoms with Crippen molar-refractivity contribution in [3.05, 3.63) is 29.6 Å². The van der Waals surface area contributed by atoms with Crippen LogP contribution in [-0.2, 0) is 10.2 Å². The van der Waals surface area contributed by atoms with Crippen molar-refractivity contribution in [1.82, 2.24) is 10.2 Å². The molecule has 4 aliphatic rings. The highest BCUT2D eigenvalue weighted by atomic mass is 19.1. The van der Waals surface area contributed by atoms with E-state index in [0.717, 1.165) is 56.5 Å². The number of piperidine rings is 1. The third-order valence-electron chi connectivity index (χ3n) is 8.08. The van der Waals surface area contributed by atoms with E-state index in [9.17, 15) is 9.18 Å². The summed E-state index contributed by atoms with van der Waals surface area (Å²) in [5, 5.41) is 3.16. The molecule has 30 heavy (non-hydrogen) atoms. The molecule has 1 saturated heterocycles. The van der Waals surface area contributed by atoms with Crippen LogP contribution in [0.4, 0.5) is 9.18 Å². The smallest absolute Gasteiger partial charge is 0.407 e. The van der Waals surface area contributed by atoms with Gasteiger partial charge in [-0.1, -0.05) is 6.92 Å². The topological polar surface area (TPSA) is 50.8 Å². The maximum absolute atomic E-state index is 13.9. The number of alkyl carbamates (subject to hydrolysis) is 1. The number of benzene rings is 1. The quantitative estimate of drug-likeness (QED) is 0.798. The number of nitrogens with zero attached hydrogens (tertiary/aromatic N) is 1. The number of nitrogens with one attached hydrogen (secondary N) is 1. The summed E-state index contributed by atoms with van der Waals surface area (Å²) < 4.78 is 25.0. The summed E-state index contributed by atoms with van der Waals surface area (Å²) in [6, 6.07) is 5.84. The fraction of sp³-hybridized carbons (Fsp3) is 0.708. The Morgan fingerprint density at radius 3 is 2.70 bits per heavy atom. The largest absolute Gasteiger partial charge is 0.492 e. The summed E-state index contributed by atoms with van der Waals surface area (Å²) in [7, 11) is 0. The van der Waals surface area contributed by atoms with Gasteiger partial charge in [0.25, 0.3) is 0 Å². The van der Waals surface area contributed by atoms with Crippen LogP contribution in [0.2, 0.25) is 0 Å². The van der Waals surface area contributed by atoms with Crippen molar-refractivity contribution in [1.29, 1.82) is 0 Å². The number of hydrogen-bond donors (Lipinski definition) is 1. The summed E-state index contributed by atoms with van der Waals surface area (Å²) >= 11 is 0. The highest BCUT2D eigenvalue weighted by molar-refractivity contribution is 5.67. The van der Waals surface area contributed by atoms with E-state index in [-0.39, 0.29) is 23.4 Å². The lowest BCUT2D eigenvalue weighted by Gasteiger charge is -2.46. The minimum atomic E-state index is -0.246. The lowest BCUT2D eigenvalue weighted by Crippen LogP contribution is -2.53. The number of fused-ring (bicyclic) bond motifs is 4. The van der Waals surface area contributed by atoms with Crippen LogP contribution in [0.5, 0.6) is 5.75 Å². The highest BCUT2D eigenvalue weighted by Crippen LogP contribution is 2.48. The lowest BCUT2D eigenvalue weighted by molar-refractivity contribution is 0.0549. The first kappa shape index (κ1) is 20.1. The molecule has 164 valence electrons. The molecule has 2 atom stereocenters. The molecule has 1 amide bonds. The second kappa shape index (κ2) is 8.03. The van der Waals surface area contributed by atoms with Gasteiger partial charge in [-0.15, -0.1) is 0 Å². The predicted octanol–water partition coefficient (Wildman–Crippen LogP) is 4.25. The normalized spacial score (nSPS) is 31.9. The number of carbonyl (C=O) groups excluding carboxylic acids is 1. The Labute approximate surface area is 178 Å². The molecule has 2 saturated carbocycles. The number of hydrogen-bond acceptors (Lipinski definition) is 4. The molecule has 3 fully saturated rings. The first-order valence-corrected chi connectivity index (χ1v) is 11.7. The van der Waals surface area contributed by atoms with Crippen LogP contribution in [0.25, 0.3) is 0 Å². The maximum atomic E-state index is 13.9. The Morgan fingerprint density at radius 2 is 2.00 bits per heavy atom. The predicted molar refractivity (Wildman–Crippen MR) is 112 cm³/mol. The first-order chi connectivity index (χ1) is 14.6. The number of amides is 1. The minimum absolute atomic E-state index is 0.0191. The van der Waals surface area contributed by atoms with Crippen molar-refractivity contribution in [2.24, 2.45) is 11.8 Å². The zero-order valence-electron chi connectivity index (χ0n) is 17.9. The van der Waals surface area contributed by atoms with Crippen molar-refractivity contribution in [2.75, 3.05) is 26.3 Å². The molecule has 5 rings (SSSR count). The Balaban J connectivity index is 1.19. The standard InChI is InChI=1S/C24H33FN2O3/c1-2-11-29-23(28)26-22-16-3-4-17(22)13-19(12-16)27-9-7-24(8-10-27)15-30-21-6-5-18(25)14-20(21)24/h5-6,14,16-17,19,22H,2-4,7-13,15H2,1H3,(H,26,28). The molecule has 2 heterocycles. The first-order valence-electron chi connectivity index (χ1n) is 11.7. The molecule has 1 N–H and O–H groups in total. The van der Waals surface area contributed by atoms with Gasteiger partial charge in [-0.05, 0) is 88.1 Å². The van der Waals surface area contributed by atoms with E-state index in [1.54, 1.807) is 12.1 Å². The zero-order valence-corrected chi connectivity index (χ0v) is 17.9. The molecule has 1 aromatic rings. The van der Waals surface area contributed by atoms with E-state index >= 15 is 0 Å². The van der Waals surface area contributed by atoms with Gasteiger partial charge in [0.15, 0.2) is 0 Å². The zero-order chi connectivity index (χ0) is 20.7. The third kappa shape index (κ3) is 3.57. The molecule has 0 aromatic heterocycles. The Bertz CT molecular complexity index is 779. The molecule has 1 spiro atoms. The van der Waals surface area contributed by atoms with Crippen molar-refractivity contribution < 1.29 is 18.7 Å². The number of ether oxygens (including phenoxy) is 2. The number of halogens is 1. The number of carbonyl (C=O) groups is 1. The van der Waals surface area contributed by atoms with Crippen LogP contribution in [0.15, 0.2) is 18.2 Å². The summed E-state index contributed by atoms with van der Waals surface area (Å²) in [6.07, 6.45) is 7.39. The molecule has 0 radical (unpaired) electrons. The maximum Gasteiger partial charge on any atom is 0.407 e. The van der Waals surface area contributed by atoms with Crippen molar-refractivity contribution in [3.63, 3.8) is 0 Å². The van der Waals surface area contributed by atoms with E-state index in [4.69, 9.17) is 9.47 Å². The van der Waals surface area contributed by atoms with Gasteiger partial charge in [0.2, 0.25) is 0 Å². The molecule has 1 aromatic carbocycles. The van der Waals surface area contributed by atoms with Crippen LogP contribution in [0, 0.1) is 17.7 Å². The number of rotatable bonds is 4. The van der Waals surface area contributed by atoms with E-state index in [2.05, 4.69) is 10.2 Å². The molecular formula is C24H33FN2O3. The van der Waals surface area contributed by atoms with Gasteiger partial charge in [-0.2, -0.15) is 0 Å². The van der Waals surface area contributed by atoms with E-state index in [1.807, 2.05) is 6.92 Å². The SMILES string of the molecule is CCCOC(=O)NC1C2CCC1CC(N1CCC3(CC1)COc1ccc(F)cc13)C2. The Kier molecular flexibility index (Phi) is 5.38. The molecule has 2 aliphatic carbocycles. The van der Waals surface area contributed by atoms with Gasteiger partial charge >= 0.3 is 6.09 Å². The van der Waals surface area contributed by atoms with Crippen molar-refractivity contribution in [2.45, 2.75) is 69.4 Å². The van der Waals surface area contributed by atoms with E-state index in [1.165, 1.54) is 18.9 Å². The average molecular weight is 417 g/mol. The van der Waals surface area contributed by atoms with Gasteiger partial charge < -0.3 is 19.7 Å². The minimum Gasteiger partial charge on any atom is -0.492 e. The monoisotopic (exact) mass is 416 g/mol. The summed E-state index contributed by atoms with van der Waals surface area (Å²) in [4.78, 5) is 14.7. The molecule has 6 heteroatoms. The van der Waals surface area contributed by atoms with Crippen molar-refractivity contribution >= 4 is 6.09 Å². The highest BCUT2D eigenvalue weighted by Gasteiger charge is 2.48. The molecule has 2 unspecified atom stereocenters. The molecule has 2 bridgehead atoms. The second-order valence-electron chi connectivity index (χ2n) is 9.77. The Hall–Kier alpha value is -1.82. The van der Waals surface area contributed by atoms with Gasteiger partial charge in [-0.25, -0.2) is 9.18 Å². The molecular weight excluding hydrogens is 383 g/mol. The van der Waals surface area contributed by atoms with Gasteiger partial charge in [0, 0.05) is 23.1 Å². The van der Waals surface area contributed by atoms with Crippen molar-refractivity contribution in [3.8, 4) is 5.75 Å². The van der Waals surface area contributed by atoms with E-state index < -0.39 is 0 Å². The fourth-order valence-electron chi connectivity index (χ4n) is 6.47. The summed E-state index contributed by atoms with van der Waals surface area (Å²) in [5.41, 5.74) is 1.05. The van der Waals surface area contributed by atoms with Gasteiger partial charge in [0.05, 0.1) is 13.2 Å². The third-order valence-corrected chi connectivity index (χ3v) is 8.08. The van der Waals surface area contributed by atoms with Crippen LogP contribution < -0.4 is 10.1 Å². The van der Waals surface area contributed by atoms with E-state index in [0.29, 0.717) is 31.1 Å². The van der Waals surface area contributed by atoms with Gasteiger partial charge in [0.1, 0.15) is 11.6 Å². The lowest BCUT2D eigenvalue weighted by atomic mass is 9.73.